The molecule has 0 aromatic heterocycles. The molecule has 0 saturated carbocycles. The predicted molar refractivity (Wildman–Crippen MR) is 61.2 cm³/mol. The van der Waals surface area contributed by atoms with E-state index in [0.717, 1.165) is 17.7 Å². The van der Waals surface area contributed by atoms with Crippen molar-refractivity contribution in [3.05, 3.63) is 35.4 Å². The third-order valence-electron chi connectivity index (χ3n) is 2.82. The third kappa shape index (κ3) is 4.36. The van der Waals surface area contributed by atoms with Gasteiger partial charge in [-0.15, -0.1) is 0 Å². The minimum atomic E-state index is -4.28. The second-order valence-corrected chi connectivity index (χ2v) is 4.28. The minimum Gasteiger partial charge on any atom is -0.313 e. The van der Waals surface area contributed by atoms with Crippen LogP contribution in [0.15, 0.2) is 24.3 Å². The van der Waals surface area contributed by atoms with Crippen molar-refractivity contribution in [1.29, 1.82) is 0 Å². The van der Waals surface area contributed by atoms with Gasteiger partial charge in [0.2, 0.25) is 0 Å². The van der Waals surface area contributed by atoms with Gasteiger partial charge in [-0.3, -0.25) is 0 Å². The largest absolute Gasteiger partial charge is 0.416 e. The van der Waals surface area contributed by atoms with Crippen molar-refractivity contribution in [1.82, 2.24) is 0 Å². The molecule has 1 aromatic carbocycles. The normalized spacial score (nSPS) is 12.8. The number of benzene rings is 1. The molecule has 1 aromatic rings. The van der Waals surface area contributed by atoms with E-state index in [-0.39, 0.29) is 0 Å². The number of hydrogen-bond donors (Lipinski definition) is 2. The van der Waals surface area contributed by atoms with Crippen LogP contribution in [0.4, 0.5) is 13.2 Å². The van der Waals surface area contributed by atoms with Gasteiger partial charge in [-0.2, -0.15) is 13.2 Å². The maximum Gasteiger partial charge on any atom is 0.416 e. The lowest BCUT2D eigenvalue weighted by Gasteiger charge is -2.22. The standard InChI is InChI=1S/C12H17F3N2/c1-2-11(16,17)8-7-9-3-5-10(6-4-9)12(13,14)15/h3-6H,2,7-8,16-17H2,1H3. The van der Waals surface area contributed by atoms with E-state index in [0.29, 0.717) is 19.3 Å². The summed E-state index contributed by atoms with van der Waals surface area (Å²) in [6, 6.07) is 5.09. The molecular weight excluding hydrogens is 229 g/mol. The van der Waals surface area contributed by atoms with E-state index in [1.54, 1.807) is 0 Å². The van der Waals surface area contributed by atoms with Crippen LogP contribution >= 0.6 is 0 Å². The Bertz CT molecular complexity index is 355. The van der Waals surface area contributed by atoms with Crippen LogP contribution in [0.5, 0.6) is 0 Å². The van der Waals surface area contributed by atoms with Gasteiger partial charge in [0.05, 0.1) is 11.2 Å². The average molecular weight is 246 g/mol. The van der Waals surface area contributed by atoms with Crippen molar-refractivity contribution in [2.45, 2.75) is 38.0 Å². The first-order valence-electron chi connectivity index (χ1n) is 5.48. The van der Waals surface area contributed by atoms with Gasteiger partial charge < -0.3 is 11.5 Å². The molecule has 0 saturated heterocycles. The van der Waals surface area contributed by atoms with Crippen LogP contribution in [-0.2, 0) is 12.6 Å². The van der Waals surface area contributed by atoms with Gasteiger partial charge in [0.1, 0.15) is 0 Å². The molecule has 0 atom stereocenters. The zero-order chi connectivity index (χ0) is 13.1. The molecular formula is C12H17F3N2. The van der Waals surface area contributed by atoms with Crippen molar-refractivity contribution in [2.24, 2.45) is 11.5 Å². The molecule has 2 nitrogen and oxygen atoms in total. The summed E-state index contributed by atoms with van der Waals surface area (Å²) in [6.45, 7) is 1.88. The van der Waals surface area contributed by atoms with E-state index in [4.69, 9.17) is 11.5 Å². The fraction of sp³-hybridized carbons (Fsp3) is 0.500. The molecule has 0 radical (unpaired) electrons. The lowest BCUT2D eigenvalue weighted by atomic mass is 9.98. The summed E-state index contributed by atoms with van der Waals surface area (Å²) >= 11 is 0. The Morgan fingerprint density at radius 1 is 1.06 bits per heavy atom. The summed E-state index contributed by atoms with van der Waals surface area (Å²) in [5.74, 6) is 0. The van der Waals surface area contributed by atoms with Crippen LogP contribution in [0.2, 0.25) is 0 Å². The highest BCUT2D eigenvalue weighted by molar-refractivity contribution is 5.24. The fourth-order valence-electron chi connectivity index (χ4n) is 1.41. The summed E-state index contributed by atoms with van der Waals surface area (Å²) in [5.41, 5.74) is 11.0. The highest BCUT2D eigenvalue weighted by atomic mass is 19.4. The number of alkyl halides is 3. The summed E-state index contributed by atoms with van der Waals surface area (Å²) in [7, 11) is 0. The average Bonchev–Trinajstić information content (AvgIpc) is 2.26. The molecule has 0 amide bonds. The number of aryl methyl sites for hydroxylation is 1. The van der Waals surface area contributed by atoms with Crippen molar-refractivity contribution < 1.29 is 13.2 Å². The predicted octanol–water partition coefficient (Wildman–Crippen LogP) is 2.66. The maximum atomic E-state index is 12.3. The van der Waals surface area contributed by atoms with Crippen LogP contribution in [-0.4, -0.2) is 5.66 Å². The van der Waals surface area contributed by atoms with Gasteiger partial charge in [-0.1, -0.05) is 19.1 Å². The molecule has 17 heavy (non-hydrogen) atoms. The molecule has 96 valence electrons. The van der Waals surface area contributed by atoms with Crippen molar-refractivity contribution in [3.8, 4) is 0 Å². The van der Waals surface area contributed by atoms with E-state index in [1.807, 2.05) is 6.92 Å². The highest BCUT2D eigenvalue weighted by Crippen LogP contribution is 2.29. The molecule has 1 rings (SSSR count). The van der Waals surface area contributed by atoms with E-state index in [1.165, 1.54) is 12.1 Å². The number of hydrogen-bond acceptors (Lipinski definition) is 2. The van der Waals surface area contributed by atoms with Gasteiger partial charge in [-0.05, 0) is 37.0 Å². The van der Waals surface area contributed by atoms with Crippen LogP contribution in [0, 0.1) is 0 Å². The van der Waals surface area contributed by atoms with Gasteiger partial charge in [0.15, 0.2) is 0 Å². The van der Waals surface area contributed by atoms with Crippen molar-refractivity contribution in [2.75, 3.05) is 0 Å². The third-order valence-corrected chi connectivity index (χ3v) is 2.82. The Hall–Kier alpha value is -1.07. The monoisotopic (exact) mass is 246 g/mol. The van der Waals surface area contributed by atoms with E-state index in [9.17, 15) is 13.2 Å². The number of nitrogens with two attached hydrogens (primary N) is 2. The first-order valence-corrected chi connectivity index (χ1v) is 5.48. The first kappa shape index (κ1) is 14.0. The summed E-state index contributed by atoms with van der Waals surface area (Å²) in [5, 5.41) is 0. The Kier molecular flexibility index (Phi) is 4.16. The smallest absolute Gasteiger partial charge is 0.313 e. The summed E-state index contributed by atoms with van der Waals surface area (Å²) in [6.07, 6.45) is -2.52. The fourth-order valence-corrected chi connectivity index (χ4v) is 1.41. The summed E-state index contributed by atoms with van der Waals surface area (Å²) < 4.78 is 36.9. The van der Waals surface area contributed by atoms with Gasteiger partial charge in [0.25, 0.3) is 0 Å². The molecule has 0 aliphatic heterocycles. The molecule has 5 heteroatoms. The maximum absolute atomic E-state index is 12.3. The van der Waals surface area contributed by atoms with Crippen LogP contribution in [0.3, 0.4) is 0 Å². The molecule has 0 aliphatic carbocycles. The van der Waals surface area contributed by atoms with Crippen LogP contribution < -0.4 is 11.5 Å². The molecule has 0 heterocycles. The molecule has 0 fully saturated rings. The van der Waals surface area contributed by atoms with Crippen molar-refractivity contribution in [3.63, 3.8) is 0 Å². The zero-order valence-corrected chi connectivity index (χ0v) is 9.72. The molecule has 0 spiro atoms. The SMILES string of the molecule is CCC(N)(N)CCc1ccc(C(F)(F)F)cc1. The Morgan fingerprint density at radius 2 is 1.59 bits per heavy atom. The van der Waals surface area contributed by atoms with E-state index in [2.05, 4.69) is 0 Å². The van der Waals surface area contributed by atoms with Gasteiger partial charge >= 0.3 is 6.18 Å². The highest BCUT2D eigenvalue weighted by Gasteiger charge is 2.29. The minimum absolute atomic E-state index is 0.550. The molecule has 0 bridgehead atoms. The topological polar surface area (TPSA) is 52.0 Å². The molecule has 4 N–H and O–H groups in total. The number of rotatable bonds is 4. The van der Waals surface area contributed by atoms with Gasteiger partial charge in [0, 0.05) is 0 Å². The number of halogens is 3. The second-order valence-electron chi connectivity index (χ2n) is 4.28. The molecule has 0 aliphatic rings. The Morgan fingerprint density at radius 3 is 2.00 bits per heavy atom. The van der Waals surface area contributed by atoms with Crippen molar-refractivity contribution >= 4 is 0 Å². The summed E-state index contributed by atoms with van der Waals surface area (Å²) in [4.78, 5) is 0. The lowest BCUT2D eigenvalue weighted by molar-refractivity contribution is -0.137. The first-order chi connectivity index (χ1) is 7.74. The zero-order valence-electron chi connectivity index (χ0n) is 9.72. The Balaban J connectivity index is 2.64. The van der Waals surface area contributed by atoms with Crippen LogP contribution in [0.1, 0.15) is 30.9 Å². The quantitative estimate of drug-likeness (QED) is 0.802. The van der Waals surface area contributed by atoms with E-state index >= 15 is 0 Å². The van der Waals surface area contributed by atoms with E-state index < -0.39 is 17.4 Å². The molecule has 0 unspecified atom stereocenters. The lowest BCUT2D eigenvalue weighted by Crippen LogP contribution is -2.48. The second kappa shape index (κ2) is 5.06. The Labute approximate surface area is 98.8 Å². The van der Waals surface area contributed by atoms with Crippen LogP contribution in [0.25, 0.3) is 0 Å². The van der Waals surface area contributed by atoms with Gasteiger partial charge in [-0.25, -0.2) is 0 Å².